The molecule has 3 heterocycles. The molecule has 1 saturated heterocycles. The van der Waals surface area contributed by atoms with Crippen molar-refractivity contribution in [1.29, 1.82) is 0 Å². The Bertz CT molecular complexity index is 1200. The highest BCUT2D eigenvalue weighted by Gasteiger charge is 2.52. The van der Waals surface area contributed by atoms with E-state index >= 15 is 0 Å². The number of carbonyl (C=O) groups is 3. The lowest BCUT2D eigenvalue weighted by Gasteiger charge is -2.23. The fourth-order valence-electron chi connectivity index (χ4n) is 3.83. The molecular formula is C21H27N5O9. The van der Waals surface area contributed by atoms with Crippen LogP contribution in [0.4, 0.5) is 5.95 Å². The second kappa shape index (κ2) is 10.5. The summed E-state index contributed by atoms with van der Waals surface area (Å²) in [6, 6.07) is 0. The van der Waals surface area contributed by atoms with Crippen LogP contribution in [0.1, 0.15) is 33.9 Å². The van der Waals surface area contributed by atoms with E-state index in [0.717, 1.165) is 18.4 Å². The molecule has 2 aromatic rings. The van der Waals surface area contributed by atoms with Crippen molar-refractivity contribution in [3.63, 3.8) is 0 Å². The predicted octanol–water partition coefficient (Wildman–Crippen LogP) is 0.0838. The van der Waals surface area contributed by atoms with E-state index in [0.29, 0.717) is 0 Å². The molecule has 0 aliphatic carbocycles. The van der Waals surface area contributed by atoms with Gasteiger partial charge >= 0.3 is 23.6 Å². The highest BCUT2D eigenvalue weighted by atomic mass is 16.7. The Kier molecular flexibility index (Phi) is 7.74. The van der Waals surface area contributed by atoms with Crippen molar-refractivity contribution >= 4 is 35.0 Å². The normalized spacial score (nSPS) is 21.5. The van der Waals surface area contributed by atoms with Gasteiger partial charge in [0.15, 0.2) is 29.6 Å². The van der Waals surface area contributed by atoms with Crippen molar-refractivity contribution in [3.05, 3.63) is 23.1 Å². The zero-order valence-electron chi connectivity index (χ0n) is 19.8. The van der Waals surface area contributed by atoms with E-state index < -0.39 is 48.1 Å². The molecule has 3 rings (SSSR count). The maximum absolute atomic E-state index is 13.6. The van der Waals surface area contributed by atoms with E-state index in [4.69, 9.17) is 29.4 Å². The first-order valence-electron chi connectivity index (χ1n) is 10.7. The van der Waals surface area contributed by atoms with E-state index in [1.807, 2.05) is 0 Å². The Balaban J connectivity index is 2.24. The number of allylic oxidation sites excluding steroid dienone is 1. The fourth-order valence-corrected chi connectivity index (χ4v) is 3.83. The first kappa shape index (κ1) is 25.7. The fraction of sp³-hybridized carbons (Fsp3) is 0.524. The summed E-state index contributed by atoms with van der Waals surface area (Å²) in [4.78, 5) is 57.0. The molecule has 4 atom stereocenters. The Morgan fingerprint density at radius 1 is 1.11 bits per heavy atom. The van der Waals surface area contributed by atoms with Crippen molar-refractivity contribution < 1.29 is 38.1 Å². The number of nitrogens with zero attached hydrogens (tertiary/aromatic N) is 4. The molecule has 0 saturated carbocycles. The van der Waals surface area contributed by atoms with Crippen LogP contribution in [0.2, 0.25) is 0 Å². The van der Waals surface area contributed by atoms with Crippen molar-refractivity contribution in [3.8, 4) is 5.88 Å². The van der Waals surface area contributed by atoms with Crippen LogP contribution in [0.5, 0.6) is 5.88 Å². The molecule has 1 aliphatic heterocycles. The van der Waals surface area contributed by atoms with Crippen LogP contribution in [0.25, 0.3) is 11.2 Å². The van der Waals surface area contributed by atoms with E-state index in [-0.39, 0.29) is 42.8 Å². The van der Waals surface area contributed by atoms with Gasteiger partial charge in [0.1, 0.15) is 12.7 Å². The zero-order chi connectivity index (χ0) is 25.9. The van der Waals surface area contributed by atoms with Crippen LogP contribution in [0, 0.1) is 0 Å². The van der Waals surface area contributed by atoms with E-state index in [1.54, 1.807) is 6.92 Å². The van der Waals surface area contributed by atoms with Gasteiger partial charge in [0.25, 0.3) is 0 Å². The average molecular weight is 493 g/mol. The van der Waals surface area contributed by atoms with Gasteiger partial charge in [-0.15, -0.1) is 6.58 Å². The molecule has 0 radical (unpaired) electrons. The minimum Gasteiger partial charge on any atom is -0.476 e. The van der Waals surface area contributed by atoms with Crippen molar-refractivity contribution in [2.24, 2.45) is 0 Å². The Labute approximate surface area is 199 Å². The maximum Gasteiger partial charge on any atom is 0.333 e. The molecule has 0 amide bonds. The Morgan fingerprint density at radius 3 is 2.34 bits per heavy atom. The molecule has 0 aromatic carbocycles. The third-order valence-corrected chi connectivity index (χ3v) is 4.97. The van der Waals surface area contributed by atoms with Gasteiger partial charge < -0.3 is 29.4 Å². The smallest absolute Gasteiger partial charge is 0.333 e. The number of hydrogen-bond acceptors (Lipinski definition) is 12. The number of aromatic nitrogens is 4. The van der Waals surface area contributed by atoms with Gasteiger partial charge in [0, 0.05) is 27.3 Å². The molecule has 14 heteroatoms. The van der Waals surface area contributed by atoms with Gasteiger partial charge in [0.05, 0.1) is 6.61 Å². The lowest BCUT2D eigenvalue weighted by atomic mass is 10.1. The van der Waals surface area contributed by atoms with Gasteiger partial charge in [-0.3, -0.25) is 19.0 Å². The van der Waals surface area contributed by atoms with Gasteiger partial charge in [0.2, 0.25) is 11.8 Å². The summed E-state index contributed by atoms with van der Waals surface area (Å²) >= 11 is 0. The number of anilines is 1. The molecule has 1 aliphatic rings. The highest BCUT2D eigenvalue weighted by molar-refractivity contribution is 5.79. The minimum absolute atomic E-state index is 0.0321. The quantitative estimate of drug-likeness (QED) is 0.283. The molecule has 2 aromatic heterocycles. The second-order valence-electron chi connectivity index (χ2n) is 7.56. The minimum atomic E-state index is -1.33. The molecule has 1 fully saturated rings. The Hall–Kier alpha value is -3.94. The Morgan fingerprint density at radius 2 is 1.77 bits per heavy atom. The number of carbonyl (C=O) groups excluding carboxylic acids is 3. The predicted molar refractivity (Wildman–Crippen MR) is 119 cm³/mol. The number of esters is 3. The molecule has 2 N–H and O–H groups in total. The number of rotatable bonds is 9. The molecule has 0 unspecified atom stereocenters. The van der Waals surface area contributed by atoms with Gasteiger partial charge in [-0.25, -0.2) is 9.36 Å². The largest absolute Gasteiger partial charge is 0.476 e. The van der Waals surface area contributed by atoms with E-state index in [1.165, 1.54) is 17.6 Å². The van der Waals surface area contributed by atoms with Crippen molar-refractivity contribution in [1.82, 2.24) is 19.1 Å². The van der Waals surface area contributed by atoms with Crippen LogP contribution in [0.3, 0.4) is 0 Å². The van der Waals surface area contributed by atoms with Crippen LogP contribution in [-0.4, -0.2) is 68.5 Å². The molecule has 0 spiro atoms. The van der Waals surface area contributed by atoms with Crippen LogP contribution in [0.15, 0.2) is 17.4 Å². The lowest BCUT2D eigenvalue weighted by molar-refractivity contribution is -0.166. The summed E-state index contributed by atoms with van der Waals surface area (Å²) in [5, 5.41) is 0. The van der Waals surface area contributed by atoms with Gasteiger partial charge in [-0.2, -0.15) is 9.97 Å². The first-order valence-corrected chi connectivity index (χ1v) is 10.7. The summed E-state index contributed by atoms with van der Waals surface area (Å²) in [5.41, 5.74) is 5.49. The number of ether oxygens (including phenoxy) is 5. The lowest BCUT2D eigenvalue weighted by Crippen LogP contribution is -2.41. The van der Waals surface area contributed by atoms with Gasteiger partial charge in [-0.1, -0.05) is 6.08 Å². The SMILES string of the molecule is C=CCn1c(=O)n([C@@H]2O[C@H](COC(C)=O)[C@@H](OC(C)=O)[C@H]2OC(C)=O)c2nc(N)nc(OCC)c21. The zero-order valence-corrected chi connectivity index (χ0v) is 19.8. The molecular weight excluding hydrogens is 466 g/mol. The summed E-state index contributed by atoms with van der Waals surface area (Å²) in [5.74, 6) is -2.15. The maximum atomic E-state index is 13.6. The highest BCUT2D eigenvalue weighted by Crippen LogP contribution is 2.36. The number of hydrogen-bond donors (Lipinski definition) is 1. The summed E-state index contributed by atoms with van der Waals surface area (Å²) in [6.07, 6.45) is -3.39. The summed E-state index contributed by atoms with van der Waals surface area (Å²) in [7, 11) is 0. The molecule has 0 bridgehead atoms. The topological polar surface area (TPSA) is 176 Å². The second-order valence-corrected chi connectivity index (χ2v) is 7.56. The third-order valence-electron chi connectivity index (χ3n) is 4.97. The third kappa shape index (κ3) is 5.26. The average Bonchev–Trinajstić information content (AvgIpc) is 3.21. The molecule has 14 nitrogen and oxygen atoms in total. The number of nitrogens with two attached hydrogens (primary N) is 1. The monoisotopic (exact) mass is 493 g/mol. The number of imidazole rings is 1. The van der Waals surface area contributed by atoms with Crippen molar-refractivity contribution in [2.45, 2.75) is 58.8 Å². The first-order chi connectivity index (χ1) is 16.6. The van der Waals surface area contributed by atoms with Crippen LogP contribution >= 0.6 is 0 Å². The standard InChI is InChI=1S/C21H27N5O9/c1-6-8-25-14-17(23-20(22)24-18(14)31-7-2)26(21(25)30)19-16(34-12(5)29)15(33-11(4)28)13(35-19)9-32-10(3)27/h6,13,15-16,19H,1,7-9H2,2-5H3,(H2,22,23,24)/t13-,15-,16-,19-/m1/s1. The van der Waals surface area contributed by atoms with Crippen LogP contribution < -0.4 is 16.2 Å². The van der Waals surface area contributed by atoms with Crippen LogP contribution in [-0.2, 0) is 39.9 Å². The van der Waals surface area contributed by atoms with Gasteiger partial charge in [-0.05, 0) is 6.92 Å². The number of fused-ring (bicyclic) bond motifs is 1. The summed E-state index contributed by atoms with van der Waals surface area (Å²) in [6.45, 7) is 8.87. The number of nitrogen functional groups attached to an aromatic ring is 1. The molecule has 190 valence electrons. The molecule has 35 heavy (non-hydrogen) atoms. The summed E-state index contributed by atoms with van der Waals surface area (Å²) < 4.78 is 29.8. The van der Waals surface area contributed by atoms with E-state index in [9.17, 15) is 19.2 Å². The van der Waals surface area contributed by atoms with E-state index in [2.05, 4.69) is 16.5 Å². The van der Waals surface area contributed by atoms with Crippen molar-refractivity contribution in [2.75, 3.05) is 18.9 Å².